The predicted molar refractivity (Wildman–Crippen MR) is 76.8 cm³/mol. The summed E-state index contributed by atoms with van der Waals surface area (Å²) in [5, 5.41) is 10.4. The highest BCUT2D eigenvalue weighted by Crippen LogP contribution is 2.21. The molecule has 0 spiro atoms. The normalized spacial score (nSPS) is 14.2. The number of carbonyl (C=O) groups excluding carboxylic acids is 1. The van der Waals surface area contributed by atoms with Crippen LogP contribution >= 0.6 is 0 Å². The zero-order chi connectivity index (χ0) is 13.9. The number of amides is 1. The van der Waals surface area contributed by atoms with Crippen molar-refractivity contribution in [1.29, 1.82) is 0 Å². The minimum Gasteiger partial charge on any atom is -0.354 e. The minimum absolute atomic E-state index is 0.169. The molecule has 0 aliphatic heterocycles. The molecule has 1 aromatic carbocycles. The average molecular weight is 270 g/mol. The Labute approximate surface area is 118 Å². The lowest BCUT2D eigenvalue weighted by atomic mass is 10.2. The summed E-state index contributed by atoms with van der Waals surface area (Å²) in [5.41, 5.74) is 2.62. The third-order valence-electron chi connectivity index (χ3n) is 3.45. The van der Waals surface area contributed by atoms with Gasteiger partial charge >= 0.3 is 0 Å². The van der Waals surface area contributed by atoms with E-state index in [0.29, 0.717) is 11.7 Å². The van der Waals surface area contributed by atoms with Gasteiger partial charge in [-0.1, -0.05) is 18.2 Å². The van der Waals surface area contributed by atoms with Crippen LogP contribution in [0.25, 0.3) is 5.69 Å². The van der Waals surface area contributed by atoms with Crippen LogP contribution in [-0.4, -0.2) is 28.8 Å². The van der Waals surface area contributed by atoms with Gasteiger partial charge < -0.3 is 10.6 Å². The molecule has 104 valence electrons. The number of carbonyl (C=O) groups is 1. The number of nitrogens with zero attached hydrogens (tertiary/aromatic N) is 2. The fourth-order valence-corrected chi connectivity index (χ4v) is 2.13. The first-order chi connectivity index (χ1) is 9.78. The lowest BCUT2D eigenvalue weighted by Gasteiger charge is -2.10. The topological polar surface area (TPSA) is 59.0 Å². The fourth-order valence-electron chi connectivity index (χ4n) is 2.13. The molecule has 5 nitrogen and oxygen atoms in total. The molecule has 20 heavy (non-hydrogen) atoms. The van der Waals surface area contributed by atoms with Crippen molar-refractivity contribution in [1.82, 2.24) is 20.4 Å². The molecule has 1 aliphatic rings. The first-order valence-corrected chi connectivity index (χ1v) is 6.87. The molecule has 1 fully saturated rings. The van der Waals surface area contributed by atoms with Gasteiger partial charge in [-0.3, -0.25) is 4.79 Å². The molecule has 1 saturated carbocycles. The van der Waals surface area contributed by atoms with E-state index in [0.717, 1.165) is 12.2 Å². The highest BCUT2D eigenvalue weighted by Gasteiger charge is 2.20. The maximum atomic E-state index is 11.6. The van der Waals surface area contributed by atoms with Crippen molar-refractivity contribution in [3.8, 4) is 5.69 Å². The van der Waals surface area contributed by atoms with E-state index < -0.39 is 0 Å². The van der Waals surface area contributed by atoms with Gasteiger partial charge in [0.05, 0.1) is 5.69 Å². The summed E-state index contributed by atoms with van der Waals surface area (Å²) in [4.78, 5) is 11.6. The number of hydrogen-bond donors (Lipinski definition) is 2. The van der Waals surface area contributed by atoms with Gasteiger partial charge in [0.25, 0.3) is 5.91 Å². The number of nitrogens with one attached hydrogen (secondary N) is 2. The quantitative estimate of drug-likeness (QED) is 0.865. The monoisotopic (exact) mass is 270 g/mol. The standard InChI is InChI=1S/C15H18N4O/c1-16-15(20)13-8-9-19(18-13)14-5-3-2-4-11(14)10-17-12-6-7-12/h2-5,8-9,12,17H,6-7,10H2,1H3,(H,16,20). The van der Waals surface area contributed by atoms with Gasteiger partial charge in [-0.25, -0.2) is 4.68 Å². The summed E-state index contributed by atoms with van der Waals surface area (Å²) in [6.45, 7) is 0.829. The lowest BCUT2D eigenvalue weighted by Crippen LogP contribution is -2.19. The predicted octanol–water partition coefficient (Wildman–Crippen LogP) is 1.48. The molecule has 1 aromatic heterocycles. The average Bonchev–Trinajstić information content (AvgIpc) is 3.19. The van der Waals surface area contributed by atoms with Crippen molar-refractivity contribution in [3.05, 3.63) is 47.8 Å². The molecule has 0 bridgehead atoms. The van der Waals surface area contributed by atoms with Crippen molar-refractivity contribution in [3.63, 3.8) is 0 Å². The zero-order valence-corrected chi connectivity index (χ0v) is 11.5. The van der Waals surface area contributed by atoms with Gasteiger partial charge in [0, 0.05) is 25.8 Å². The van der Waals surface area contributed by atoms with Gasteiger partial charge in [-0.05, 0) is 30.5 Å². The molecule has 0 atom stereocenters. The molecule has 1 amide bonds. The van der Waals surface area contributed by atoms with Gasteiger partial charge in [0.1, 0.15) is 0 Å². The second-order valence-corrected chi connectivity index (χ2v) is 5.01. The molecule has 2 N–H and O–H groups in total. The number of benzene rings is 1. The zero-order valence-electron chi connectivity index (χ0n) is 11.5. The van der Waals surface area contributed by atoms with E-state index in [-0.39, 0.29) is 5.91 Å². The third-order valence-corrected chi connectivity index (χ3v) is 3.45. The smallest absolute Gasteiger partial charge is 0.271 e. The maximum absolute atomic E-state index is 11.6. The Hall–Kier alpha value is -2.14. The van der Waals surface area contributed by atoms with Gasteiger partial charge in [-0.2, -0.15) is 5.10 Å². The van der Waals surface area contributed by atoms with Crippen LogP contribution in [0.15, 0.2) is 36.5 Å². The molecule has 3 rings (SSSR count). The summed E-state index contributed by atoms with van der Waals surface area (Å²) in [6.07, 6.45) is 4.36. The van der Waals surface area contributed by atoms with Crippen LogP contribution in [0.1, 0.15) is 28.9 Å². The summed E-state index contributed by atoms with van der Waals surface area (Å²) in [6, 6.07) is 10.5. The summed E-state index contributed by atoms with van der Waals surface area (Å²) in [7, 11) is 1.61. The lowest BCUT2D eigenvalue weighted by molar-refractivity contribution is 0.0957. The second-order valence-electron chi connectivity index (χ2n) is 5.01. The number of para-hydroxylation sites is 1. The Morgan fingerprint density at radius 1 is 1.35 bits per heavy atom. The van der Waals surface area contributed by atoms with E-state index in [1.54, 1.807) is 17.8 Å². The van der Waals surface area contributed by atoms with Crippen LogP contribution < -0.4 is 10.6 Å². The van der Waals surface area contributed by atoms with Crippen molar-refractivity contribution in [2.45, 2.75) is 25.4 Å². The largest absolute Gasteiger partial charge is 0.354 e. The maximum Gasteiger partial charge on any atom is 0.271 e. The van der Waals surface area contributed by atoms with E-state index in [4.69, 9.17) is 0 Å². The Morgan fingerprint density at radius 2 is 2.15 bits per heavy atom. The Morgan fingerprint density at radius 3 is 2.90 bits per heavy atom. The molecule has 1 aliphatic carbocycles. The van der Waals surface area contributed by atoms with Crippen molar-refractivity contribution in [2.75, 3.05) is 7.05 Å². The summed E-state index contributed by atoms with van der Waals surface area (Å²) in [5.74, 6) is -0.169. The van der Waals surface area contributed by atoms with Crippen LogP contribution in [0.4, 0.5) is 0 Å². The second kappa shape index (κ2) is 5.46. The Kier molecular flexibility index (Phi) is 3.52. The molecule has 0 radical (unpaired) electrons. The number of aromatic nitrogens is 2. The summed E-state index contributed by atoms with van der Waals surface area (Å²) >= 11 is 0. The van der Waals surface area contributed by atoms with Gasteiger partial charge in [-0.15, -0.1) is 0 Å². The SMILES string of the molecule is CNC(=O)c1ccn(-c2ccccc2CNC2CC2)n1. The van der Waals surface area contributed by atoms with Gasteiger partial charge in [0.15, 0.2) is 5.69 Å². The molecule has 5 heteroatoms. The summed E-state index contributed by atoms with van der Waals surface area (Å²) < 4.78 is 1.76. The van der Waals surface area contributed by atoms with E-state index >= 15 is 0 Å². The van der Waals surface area contributed by atoms with E-state index in [2.05, 4.69) is 21.8 Å². The van der Waals surface area contributed by atoms with E-state index in [1.165, 1.54) is 18.4 Å². The van der Waals surface area contributed by atoms with Gasteiger partial charge in [0.2, 0.25) is 0 Å². The van der Waals surface area contributed by atoms with Crippen molar-refractivity contribution < 1.29 is 4.79 Å². The van der Waals surface area contributed by atoms with E-state index in [1.807, 2.05) is 24.4 Å². The van der Waals surface area contributed by atoms with Crippen LogP contribution in [-0.2, 0) is 6.54 Å². The first-order valence-electron chi connectivity index (χ1n) is 6.87. The van der Waals surface area contributed by atoms with Crippen LogP contribution in [0.5, 0.6) is 0 Å². The molecule has 1 heterocycles. The molecule has 2 aromatic rings. The first kappa shape index (κ1) is 12.9. The molecular weight excluding hydrogens is 252 g/mol. The van der Waals surface area contributed by atoms with Crippen LogP contribution in [0.3, 0.4) is 0 Å². The number of rotatable bonds is 5. The van der Waals surface area contributed by atoms with Crippen LogP contribution in [0.2, 0.25) is 0 Å². The highest BCUT2D eigenvalue weighted by molar-refractivity contribution is 5.91. The van der Waals surface area contributed by atoms with Crippen molar-refractivity contribution in [2.24, 2.45) is 0 Å². The Bertz CT molecular complexity index is 616. The third kappa shape index (κ3) is 2.72. The minimum atomic E-state index is -0.169. The molecule has 0 saturated heterocycles. The Balaban J connectivity index is 1.84. The molecular formula is C15H18N4O. The van der Waals surface area contributed by atoms with Crippen molar-refractivity contribution >= 4 is 5.91 Å². The molecule has 0 unspecified atom stereocenters. The highest BCUT2D eigenvalue weighted by atomic mass is 16.1. The van der Waals surface area contributed by atoms with E-state index in [9.17, 15) is 4.79 Å². The fraction of sp³-hybridized carbons (Fsp3) is 0.333. The van der Waals surface area contributed by atoms with Crippen LogP contribution in [0, 0.1) is 0 Å². The number of hydrogen-bond acceptors (Lipinski definition) is 3.